The Balaban J connectivity index is 2.36. The number of aliphatic hydroxyl groups excluding tert-OH is 4. The van der Waals surface area contributed by atoms with E-state index in [0.29, 0.717) is 31.4 Å². The molecule has 1 heterocycles. The van der Waals surface area contributed by atoms with Crippen LogP contribution in [0.4, 0.5) is 0 Å². The number of aliphatic hydroxyl groups is 4. The number of nitrogens with two attached hydrogens (primary N) is 6. The fourth-order valence-corrected chi connectivity index (χ4v) is 7.89. The Bertz CT molecular complexity index is 2540. The van der Waals surface area contributed by atoms with Gasteiger partial charge in [-0.2, -0.15) is 0 Å². The van der Waals surface area contributed by atoms with E-state index in [9.17, 15) is 83.4 Å². The van der Waals surface area contributed by atoms with E-state index in [1.165, 1.54) is 43.7 Å². The number of unbranched alkanes of at least 4 members (excludes halogenated alkanes) is 2. The van der Waals surface area contributed by atoms with E-state index in [1.807, 2.05) is 0 Å². The number of imidazole rings is 1. The number of aromatic hydroxyl groups is 1. The number of aliphatic carboxylic acids is 1. The van der Waals surface area contributed by atoms with Crippen molar-refractivity contribution in [3.05, 3.63) is 48.0 Å². The van der Waals surface area contributed by atoms with Crippen molar-refractivity contribution >= 4 is 71.0 Å². The van der Waals surface area contributed by atoms with Gasteiger partial charge in [0, 0.05) is 31.3 Å². The number of aliphatic imine (C=N–C) groups is 1. The summed E-state index contributed by atoms with van der Waals surface area (Å²) in [7, 11) is 0. The summed E-state index contributed by atoms with van der Waals surface area (Å²) in [4.78, 5) is 157. The minimum absolute atomic E-state index is 0.0111. The number of aromatic amines is 1. The lowest BCUT2D eigenvalue weighted by molar-refractivity contribution is -0.142. The van der Waals surface area contributed by atoms with Gasteiger partial charge in [0.1, 0.15) is 60.1 Å². The van der Waals surface area contributed by atoms with Crippen molar-refractivity contribution in [2.45, 2.75) is 144 Å². The molecule has 0 saturated carbocycles. The highest BCUT2D eigenvalue weighted by Crippen LogP contribution is 2.13. The van der Waals surface area contributed by atoms with Crippen LogP contribution in [0.1, 0.15) is 76.0 Å². The minimum atomic E-state index is -1.90. The number of primary amides is 1. The van der Waals surface area contributed by atoms with E-state index >= 15 is 0 Å². The Labute approximate surface area is 487 Å². The molecule has 474 valence electrons. The molecule has 85 heavy (non-hydrogen) atoms. The lowest BCUT2D eigenvalue weighted by Crippen LogP contribution is -2.62. The average Bonchev–Trinajstić information content (AvgIpc) is 4.14. The van der Waals surface area contributed by atoms with Crippen molar-refractivity contribution < 1.29 is 83.4 Å². The topological polar surface area (TPSA) is 615 Å². The maximum absolute atomic E-state index is 14.2. The molecule has 0 bridgehead atoms. The second kappa shape index (κ2) is 38.3. The molecule has 35 nitrogen and oxygen atoms in total. The number of guanidine groups is 1. The number of carbonyl (C=O) groups excluding carboxylic acids is 10. The number of carbonyl (C=O) groups is 11. The number of aromatic nitrogens is 2. The Morgan fingerprint density at radius 2 is 0.988 bits per heavy atom. The maximum atomic E-state index is 14.2. The Kier molecular flexibility index (Phi) is 32.7. The number of carboxylic acids is 1. The van der Waals surface area contributed by atoms with Crippen LogP contribution in [0.5, 0.6) is 5.75 Å². The van der Waals surface area contributed by atoms with Gasteiger partial charge in [0.15, 0.2) is 5.96 Å². The van der Waals surface area contributed by atoms with E-state index < -0.39 is 158 Å². The van der Waals surface area contributed by atoms with Gasteiger partial charge >= 0.3 is 5.97 Å². The summed E-state index contributed by atoms with van der Waals surface area (Å²) in [6.45, 7) is -1.77. The van der Waals surface area contributed by atoms with E-state index in [4.69, 9.17) is 34.4 Å². The van der Waals surface area contributed by atoms with Crippen LogP contribution >= 0.6 is 0 Å². The number of nitrogens with zero attached hydrogens (tertiary/aromatic N) is 2. The lowest BCUT2D eigenvalue weighted by Gasteiger charge is -2.27. The van der Waals surface area contributed by atoms with E-state index in [0.717, 1.165) is 0 Å². The highest BCUT2D eigenvalue weighted by Gasteiger charge is 2.36. The normalized spacial score (nSPS) is 14.9. The number of H-pyrrole nitrogens is 1. The molecule has 0 unspecified atom stereocenters. The van der Waals surface area contributed by atoms with Gasteiger partial charge in [0.2, 0.25) is 59.1 Å². The van der Waals surface area contributed by atoms with Crippen LogP contribution in [0, 0.1) is 0 Å². The van der Waals surface area contributed by atoms with Gasteiger partial charge in [-0.15, -0.1) is 0 Å². The summed E-state index contributed by atoms with van der Waals surface area (Å²) in [6.07, 6.45) is 0.739. The molecule has 0 saturated heterocycles. The number of hydrogen-bond acceptors (Lipinski definition) is 21. The van der Waals surface area contributed by atoms with Crippen LogP contribution in [0.3, 0.4) is 0 Å². The molecule has 28 N–H and O–H groups in total. The molecule has 0 radical (unpaired) electrons. The van der Waals surface area contributed by atoms with E-state index in [2.05, 4.69) is 62.8 Å². The second-order valence-corrected chi connectivity index (χ2v) is 19.5. The number of phenolic OH excluding ortho intramolecular Hbond substituents is 1. The van der Waals surface area contributed by atoms with Gasteiger partial charge in [-0.25, -0.2) is 9.78 Å². The zero-order valence-electron chi connectivity index (χ0n) is 46.9. The van der Waals surface area contributed by atoms with Crippen LogP contribution in [0.15, 0.2) is 41.8 Å². The van der Waals surface area contributed by atoms with Crippen LogP contribution < -0.4 is 82.3 Å². The standard InChI is InChI=1S/C50H82N18O17/c1-25(72)39(68-40(75)29(53)7-2-4-14-51)48(83)67-37(23-71)47(82)62-32(18-27-20-57-24-59-27)43(78)60-31(9-6-16-58-50(55)56)42(77)65-35(21-69)45(80)61-30(8-3-5-15-52)41(76)66-36(22-70)46(81)63-33(19-38(54)74)44(79)64-34(49(84)85)17-26-10-12-28(73)13-11-26/h10-13,20,24-25,29-37,39,69-73H,2-9,14-19,21-23,51-53H2,1H3,(H2,54,74)(H,57,59)(H,60,78)(H,61,80)(H,62,82)(H,63,81)(H,64,79)(H,65,77)(H,66,76)(H,67,83)(H,68,75)(H,84,85)(H4,55,56,58)/t25-,29+,30+,31+,32+,33+,34+,35+,36+,37+,39+/m1/s1. The van der Waals surface area contributed by atoms with Crippen LogP contribution in [-0.2, 0) is 65.6 Å². The highest BCUT2D eigenvalue weighted by molar-refractivity contribution is 5.99. The summed E-state index contributed by atoms with van der Waals surface area (Å²) in [6, 6.07) is -11.3. The quantitative estimate of drug-likeness (QED) is 0.0167. The molecule has 0 aliphatic heterocycles. The molecule has 2 aromatic rings. The molecular weight excluding hydrogens is 1120 g/mol. The third-order valence-corrected chi connectivity index (χ3v) is 12.6. The molecule has 35 heteroatoms. The van der Waals surface area contributed by atoms with Crippen molar-refractivity contribution in [1.82, 2.24) is 57.8 Å². The molecule has 0 spiro atoms. The average molecular weight is 1210 g/mol. The number of nitrogens with one attached hydrogen (secondary N) is 10. The van der Waals surface area contributed by atoms with Crippen molar-refractivity contribution in [1.29, 1.82) is 0 Å². The van der Waals surface area contributed by atoms with Gasteiger partial charge < -0.3 is 118 Å². The number of carboxylic acid groups (broad SMARTS) is 1. The highest BCUT2D eigenvalue weighted by atomic mass is 16.4. The first-order chi connectivity index (χ1) is 40.3. The largest absolute Gasteiger partial charge is 0.508 e. The van der Waals surface area contributed by atoms with Crippen molar-refractivity contribution in [3.8, 4) is 5.75 Å². The first-order valence-electron chi connectivity index (χ1n) is 27.0. The third-order valence-electron chi connectivity index (χ3n) is 12.6. The summed E-state index contributed by atoms with van der Waals surface area (Å²) in [5, 5.41) is 81.3. The number of hydrogen-bond donors (Lipinski definition) is 22. The number of phenols is 1. The number of rotatable bonds is 41. The minimum Gasteiger partial charge on any atom is -0.508 e. The Hall–Kier alpha value is -8.61. The van der Waals surface area contributed by atoms with E-state index in [-0.39, 0.29) is 75.4 Å². The van der Waals surface area contributed by atoms with Crippen molar-refractivity contribution in [2.24, 2.45) is 39.4 Å². The summed E-state index contributed by atoms with van der Waals surface area (Å²) >= 11 is 0. The Morgan fingerprint density at radius 1 is 0.553 bits per heavy atom. The number of amides is 10. The van der Waals surface area contributed by atoms with Gasteiger partial charge in [0.25, 0.3) is 0 Å². The molecule has 0 aliphatic rings. The van der Waals surface area contributed by atoms with Crippen LogP contribution in [0.2, 0.25) is 0 Å². The van der Waals surface area contributed by atoms with E-state index in [1.54, 1.807) is 0 Å². The van der Waals surface area contributed by atoms with Gasteiger partial charge in [-0.3, -0.25) is 52.9 Å². The molecule has 1 aromatic carbocycles. The van der Waals surface area contributed by atoms with Crippen LogP contribution in [0.25, 0.3) is 0 Å². The lowest BCUT2D eigenvalue weighted by atomic mass is 10.0. The molecule has 2 rings (SSSR count). The predicted molar refractivity (Wildman–Crippen MR) is 300 cm³/mol. The third kappa shape index (κ3) is 26.7. The number of benzene rings is 1. The summed E-state index contributed by atoms with van der Waals surface area (Å²) < 4.78 is 0. The molecular formula is C50H82N18O17. The predicted octanol–water partition coefficient (Wildman–Crippen LogP) is -9.78. The fraction of sp³-hybridized carbons (Fsp3) is 0.580. The van der Waals surface area contributed by atoms with Crippen molar-refractivity contribution in [3.63, 3.8) is 0 Å². The van der Waals surface area contributed by atoms with Gasteiger partial charge in [-0.1, -0.05) is 18.6 Å². The molecule has 1 aromatic heterocycles. The van der Waals surface area contributed by atoms with Gasteiger partial charge in [0.05, 0.1) is 44.7 Å². The van der Waals surface area contributed by atoms with Crippen molar-refractivity contribution in [2.75, 3.05) is 39.5 Å². The first-order valence-corrected chi connectivity index (χ1v) is 27.0. The summed E-state index contributed by atoms with van der Waals surface area (Å²) in [5.41, 5.74) is 34.0. The smallest absolute Gasteiger partial charge is 0.326 e. The van der Waals surface area contributed by atoms with Gasteiger partial charge in [-0.05, 0) is 82.7 Å². The SMILES string of the molecule is C[C@@H](O)[C@H](NC(=O)[C@@H](N)CCCCN)C(=O)N[C@@H](CO)C(=O)N[C@@H](Cc1cnc[nH]1)C(=O)N[C@@H](CCCN=C(N)N)C(=O)N[C@@H](CO)C(=O)N[C@@H](CCCCN)C(=O)N[C@@H](CO)C(=O)N[C@@H](CC(N)=O)C(=O)N[C@@H](Cc1ccc(O)cc1)C(=O)O. The zero-order valence-corrected chi connectivity index (χ0v) is 46.9. The zero-order chi connectivity index (χ0) is 63.8. The fourth-order valence-electron chi connectivity index (χ4n) is 7.89. The molecule has 10 amide bonds. The molecule has 0 fully saturated rings. The maximum Gasteiger partial charge on any atom is 0.326 e. The monoisotopic (exact) mass is 1210 g/mol. The first kappa shape index (κ1) is 72.5. The Morgan fingerprint density at radius 3 is 1.45 bits per heavy atom. The molecule has 11 atom stereocenters. The van der Waals surface area contributed by atoms with Crippen LogP contribution in [-0.4, -0.2) is 218 Å². The molecule has 0 aliphatic carbocycles. The second-order valence-electron chi connectivity index (χ2n) is 19.5. The summed E-state index contributed by atoms with van der Waals surface area (Å²) in [5.74, 6) is -13.1.